The minimum atomic E-state index is -3.56. The van der Waals surface area contributed by atoms with Gasteiger partial charge in [-0.2, -0.15) is 4.31 Å². The van der Waals surface area contributed by atoms with Gasteiger partial charge >= 0.3 is 0 Å². The number of carbonyl (C=O) groups is 1. The molecule has 2 aliphatic rings. The van der Waals surface area contributed by atoms with Crippen molar-refractivity contribution in [3.63, 3.8) is 0 Å². The number of hydrogen-bond acceptors (Lipinski definition) is 5. The maximum Gasteiger partial charge on any atom is 0.253 e. The molecule has 7 nitrogen and oxygen atoms in total. The number of hydrogen-bond donors (Lipinski definition) is 2. The summed E-state index contributed by atoms with van der Waals surface area (Å²) in [5.41, 5.74) is 7.78. The van der Waals surface area contributed by atoms with E-state index in [1.807, 2.05) is 6.07 Å². The van der Waals surface area contributed by atoms with Crippen LogP contribution in [0.15, 0.2) is 53.4 Å². The van der Waals surface area contributed by atoms with Crippen molar-refractivity contribution in [2.75, 3.05) is 26.7 Å². The Morgan fingerprint density at radius 3 is 2.64 bits per heavy atom. The highest BCUT2D eigenvalue weighted by molar-refractivity contribution is 7.89. The number of carbonyl (C=O) groups excluding carboxylic acids is 1. The van der Waals surface area contributed by atoms with E-state index >= 15 is 0 Å². The van der Waals surface area contributed by atoms with Crippen LogP contribution >= 0.6 is 0 Å². The van der Waals surface area contributed by atoms with Crippen LogP contribution in [0.4, 0.5) is 4.39 Å². The molecule has 2 unspecified atom stereocenters. The molecule has 178 valence electrons. The van der Waals surface area contributed by atoms with E-state index < -0.39 is 10.0 Å². The zero-order chi connectivity index (χ0) is 23.4. The van der Waals surface area contributed by atoms with Crippen molar-refractivity contribution in [2.45, 2.75) is 49.1 Å². The van der Waals surface area contributed by atoms with Crippen LogP contribution < -0.4 is 10.9 Å². The number of nitrogens with zero attached hydrogens (tertiary/aromatic N) is 2. The van der Waals surface area contributed by atoms with Crippen molar-refractivity contribution in [1.29, 1.82) is 0 Å². The van der Waals surface area contributed by atoms with Crippen LogP contribution in [0.25, 0.3) is 0 Å². The lowest BCUT2D eigenvalue weighted by Gasteiger charge is -2.20. The number of benzene rings is 2. The zero-order valence-corrected chi connectivity index (χ0v) is 19.7. The largest absolute Gasteiger partial charge is 0.342 e. The molecule has 2 saturated heterocycles. The molecule has 0 aliphatic carbocycles. The number of amides is 1. The average Bonchev–Trinajstić information content (AvgIpc) is 3.51. The summed E-state index contributed by atoms with van der Waals surface area (Å²) in [7, 11) is -1.82. The molecule has 2 N–H and O–H groups in total. The lowest BCUT2D eigenvalue weighted by Crippen LogP contribution is -2.32. The maximum absolute atomic E-state index is 13.5. The van der Waals surface area contributed by atoms with Gasteiger partial charge in [0.1, 0.15) is 5.82 Å². The van der Waals surface area contributed by atoms with E-state index in [0.29, 0.717) is 25.2 Å². The highest BCUT2D eigenvalue weighted by Crippen LogP contribution is 2.25. The molecular weight excluding hydrogens is 443 g/mol. The van der Waals surface area contributed by atoms with Gasteiger partial charge in [0.05, 0.1) is 4.90 Å². The van der Waals surface area contributed by atoms with Crippen LogP contribution in [-0.2, 0) is 10.0 Å². The second-order valence-corrected chi connectivity index (χ2v) is 10.8. The topological polar surface area (TPSA) is 81.7 Å². The van der Waals surface area contributed by atoms with Gasteiger partial charge in [-0.05, 0) is 68.0 Å². The van der Waals surface area contributed by atoms with Gasteiger partial charge in [0.2, 0.25) is 10.0 Å². The van der Waals surface area contributed by atoms with Crippen molar-refractivity contribution in [3.05, 3.63) is 65.5 Å². The molecule has 2 aromatic carbocycles. The van der Waals surface area contributed by atoms with E-state index in [1.165, 1.54) is 16.4 Å². The molecular formula is C24H31FN4O3S. The third-order valence-electron chi connectivity index (χ3n) is 6.41. The Kier molecular flexibility index (Phi) is 7.43. The summed E-state index contributed by atoms with van der Waals surface area (Å²) in [5.74, 6) is -0.432. The third kappa shape index (κ3) is 5.60. The van der Waals surface area contributed by atoms with Gasteiger partial charge in [-0.1, -0.05) is 18.2 Å². The van der Waals surface area contributed by atoms with Crippen LogP contribution in [0, 0.1) is 5.82 Å². The maximum atomic E-state index is 13.5. The summed E-state index contributed by atoms with van der Waals surface area (Å²) < 4.78 is 40.6. The first-order valence-electron chi connectivity index (χ1n) is 11.5. The molecule has 0 saturated carbocycles. The summed E-state index contributed by atoms with van der Waals surface area (Å²) in [4.78, 5) is 14.7. The predicted molar refractivity (Wildman–Crippen MR) is 124 cm³/mol. The van der Waals surface area contributed by atoms with E-state index in [9.17, 15) is 17.6 Å². The molecule has 0 aromatic heterocycles. The molecule has 2 fully saturated rings. The molecule has 2 aliphatic heterocycles. The predicted octanol–water partition coefficient (Wildman–Crippen LogP) is 3.07. The highest BCUT2D eigenvalue weighted by Gasteiger charge is 2.28. The number of rotatable bonds is 8. The van der Waals surface area contributed by atoms with Gasteiger partial charge in [0.15, 0.2) is 0 Å². The third-order valence-corrected chi connectivity index (χ3v) is 8.30. The molecule has 2 heterocycles. The van der Waals surface area contributed by atoms with E-state index in [-0.39, 0.29) is 28.7 Å². The average molecular weight is 475 g/mol. The summed E-state index contributed by atoms with van der Waals surface area (Å²) >= 11 is 0. The second kappa shape index (κ2) is 10.3. The van der Waals surface area contributed by atoms with Crippen molar-refractivity contribution >= 4 is 15.9 Å². The van der Waals surface area contributed by atoms with Crippen LogP contribution in [0.5, 0.6) is 0 Å². The Hall–Kier alpha value is -2.33. The van der Waals surface area contributed by atoms with E-state index in [4.69, 9.17) is 0 Å². The second-order valence-electron chi connectivity index (χ2n) is 8.84. The fourth-order valence-electron chi connectivity index (χ4n) is 4.52. The SMILES string of the molecule is CN(CCCC1CC(c2cccc(F)c2)NN1)C(=O)c1cccc(S(=O)(=O)N2CCCC2)c1. The van der Waals surface area contributed by atoms with Crippen molar-refractivity contribution in [3.8, 4) is 0 Å². The molecule has 0 spiro atoms. The normalized spacial score (nSPS) is 21.4. The van der Waals surface area contributed by atoms with E-state index in [2.05, 4.69) is 10.9 Å². The summed E-state index contributed by atoms with van der Waals surface area (Å²) in [6.07, 6.45) is 4.24. The highest BCUT2D eigenvalue weighted by atomic mass is 32.2. The van der Waals surface area contributed by atoms with Gasteiger partial charge < -0.3 is 4.90 Å². The molecule has 4 rings (SSSR count). The fraction of sp³-hybridized carbons (Fsp3) is 0.458. The van der Waals surface area contributed by atoms with Gasteiger partial charge in [0, 0.05) is 44.3 Å². The summed E-state index contributed by atoms with van der Waals surface area (Å²) in [5, 5.41) is 0. The monoisotopic (exact) mass is 474 g/mol. The van der Waals surface area contributed by atoms with E-state index in [1.54, 1.807) is 42.3 Å². The molecule has 9 heteroatoms. The quantitative estimate of drug-likeness (QED) is 0.615. The Morgan fingerprint density at radius 2 is 1.88 bits per heavy atom. The number of hydrazine groups is 1. The Balaban J connectivity index is 1.29. The fourth-order valence-corrected chi connectivity index (χ4v) is 6.08. The summed E-state index contributed by atoms with van der Waals surface area (Å²) in [6.45, 7) is 1.62. The van der Waals surface area contributed by atoms with Crippen molar-refractivity contribution in [2.24, 2.45) is 0 Å². The first kappa shape index (κ1) is 23.8. The molecule has 0 radical (unpaired) electrons. The minimum absolute atomic E-state index is 0.0605. The molecule has 2 atom stereocenters. The Bertz CT molecular complexity index is 1090. The smallest absolute Gasteiger partial charge is 0.253 e. The molecule has 2 aromatic rings. The molecule has 0 bridgehead atoms. The van der Waals surface area contributed by atoms with Gasteiger partial charge in [-0.3, -0.25) is 15.6 Å². The number of sulfonamides is 1. The zero-order valence-electron chi connectivity index (χ0n) is 18.8. The summed E-state index contributed by atoms with van der Waals surface area (Å²) in [6, 6.07) is 13.2. The minimum Gasteiger partial charge on any atom is -0.342 e. The van der Waals surface area contributed by atoms with Crippen molar-refractivity contribution < 1.29 is 17.6 Å². The Labute approximate surface area is 195 Å². The molecule has 1 amide bonds. The number of halogens is 1. The van der Waals surface area contributed by atoms with Crippen LogP contribution in [0.2, 0.25) is 0 Å². The van der Waals surface area contributed by atoms with Gasteiger partial charge in [-0.15, -0.1) is 0 Å². The lowest BCUT2D eigenvalue weighted by atomic mass is 9.99. The van der Waals surface area contributed by atoms with Gasteiger partial charge in [-0.25, -0.2) is 12.8 Å². The van der Waals surface area contributed by atoms with Crippen LogP contribution in [0.3, 0.4) is 0 Å². The van der Waals surface area contributed by atoms with E-state index in [0.717, 1.165) is 37.7 Å². The Morgan fingerprint density at radius 1 is 1.12 bits per heavy atom. The lowest BCUT2D eigenvalue weighted by molar-refractivity contribution is 0.0791. The standard InChI is InChI=1S/C24H31FN4O3S/c1-28(12-6-10-21-17-23(27-26-21)18-7-4-9-20(25)15-18)24(30)19-8-5-11-22(16-19)33(31,32)29-13-2-3-14-29/h4-5,7-9,11,15-16,21,23,26-27H,2-3,6,10,12-14,17H2,1H3. The van der Waals surface area contributed by atoms with Crippen LogP contribution in [-0.4, -0.2) is 56.3 Å². The van der Waals surface area contributed by atoms with Crippen molar-refractivity contribution in [1.82, 2.24) is 20.1 Å². The number of nitrogens with one attached hydrogen (secondary N) is 2. The molecule has 33 heavy (non-hydrogen) atoms. The first-order valence-corrected chi connectivity index (χ1v) is 12.9. The van der Waals surface area contributed by atoms with Gasteiger partial charge in [0.25, 0.3) is 5.91 Å². The van der Waals surface area contributed by atoms with Crippen LogP contribution in [0.1, 0.15) is 54.1 Å². The first-order chi connectivity index (χ1) is 15.8.